The fraction of sp³-hybridized carbons (Fsp3) is 0.722. The summed E-state index contributed by atoms with van der Waals surface area (Å²) in [7, 11) is -2.33. The molecule has 2 rings (SSSR count). The molecular weight excluding hydrogens is 402 g/mol. The molecule has 0 saturated carbocycles. The molecule has 1 aromatic rings. The lowest BCUT2D eigenvalue weighted by Gasteiger charge is -2.34. The van der Waals surface area contributed by atoms with E-state index in [1.54, 1.807) is 20.8 Å². The normalized spacial score (nSPS) is 17.9. The first-order valence-corrected chi connectivity index (χ1v) is 11.0. The highest BCUT2D eigenvalue weighted by molar-refractivity contribution is 7.89. The van der Waals surface area contributed by atoms with Crippen LogP contribution in [0.3, 0.4) is 0 Å². The van der Waals surface area contributed by atoms with Crippen molar-refractivity contribution in [1.29, 1.82) is 0 Å². The Kier molecular flexibility index (Phi) is 8.17. The maximum atomic E-state index is 13.1. The molecule has 1 saturated heterocycles. The van der Waals surface area contributed by atoms with Crippen molar-refractivity contribution < 1.29 is 32.0 Å². The summed E-state index contributed by atoms with van der Waals surface area (Å²) in [5, 5.41) is 3.72. The third-order valence-corrected chi connectivity index (χ3v) is 6.91. The Hall–Kier alpha value is -1.98. The number of methoxy groups -OCH3 is 1. The van der Waals surface area contributed by atoms with E-state index in [9.17, 15) is 18.0 Å². The number of rotatable bonds is 9. The molecular formula is C18H29N3O7S. The molecule has 29 heavy (non-hydrogen) atoms. The summed E-state index contributed by atoms with van der Waals surface area (Å²) in [6.07, 6.45) is 1.08. The Bertz CT molecular complexity index is 802. The van der Waals surface area contributed by atoms with Gasteiger partial charge in [0.15, 0.2) is 5.76 Å². The fourth-order valence-corrected chi connectivity index (χ4v) is 5.24. The van der Waals surface area contributed by atoms with E-state index in [0.717, 1.165) is 0 Å². The number of hydrogen-bond acceptors (Lipinski definition) is 8. The number of aromatic nitrogens is 1. The van der Waals surface area contributed by atoms with Crippen molar-refractivity contribution in [3.8, 4) is 0 Å². The standard InChI is InChI=1S/C18H29N3O7S/c1-5-27-16(22)12-20(9-10-26-4)18(23)15-7-6-8-21(11-15)29(24,25)17-13(2)19-28-14(17)3/h15H,5-12H2,1-4H3. The molecule has 1 atom stereocenters. The van der Waals surface area contributed by atoms with E-state index in [-0.39, 0.29) is 49.4 Å². The molecule has 0 aliphatic carbocycles. The number of carbonyl (C=O) groups is 2. The van der Waals surface area contributed by atoms with E-state index in [1.807, 2.05) is 0 Å². The minimum absolute atomic E-state index is 0.0392. The Morgan fingerprint density at radius 2 is 2.07 bits per heavy atom. The van der Waals surface area contributed by atoms with Crippen molar-refractivity contribution in [2.75, 3.05) is 46.5 Å². The third-order valence-electron chi connectivity index (χ3n) is 4.80. The molecule has 0 aromatic carbocycles. The van der Waals surface area contributed by atoms with Gasteiger partial charge in [-0.1, -0.05) is 5.16 Å². The van der Waals surface area contributed by atoms with Gasteiger partial charge >= 0.3 is 5.97 Å². The van der Waals surface area contributed by atoms with Gasteiger partial charge in [0.2, 0.25) is 15.9 Å². The molecule has 1 aliphatic rings. The zero-order valence-corrected chi connectivity index (χ0v) is 18.2. The fourth-order valence-electron chi connectivity index (χ4n) is 3.42. The summed E-state index contributed by atoms with van der Waals surface area (Å²) in [6, 6.07) is 0. The lowest BCUT2D eigenvalue weighted by molar-refractivity contribution is -0.151. The highest BCUT2D eigenvalue weighted by atomic mass is 32.2. The molecule has 10 nitrogen and oxygen atoms in total. The van der Waals surface area contributed by atoms with Gasteiger partial charge in [-0.05, 0) is 33.6 Å². The minimum Gasteiger partial charge on any atom is -0.465 e. The van der Waals surface area contributed by atoms with Gasteiger partial charge in [-0.2, -0.15) is 4.31 Å². The second-order valence-electron chi connectivity index (χ2n) is 6.91. The minimum atomic E-state index is -3.83. The number of sulfonamides is 1. The zero-order chi connectivity index (χ0) is 21.6. The molecule has 1 aliphatic heterocycles. The highest BCUT2D eigenvalue weighted by Crippen LogP contribution is 2.28. The van der Waals surface area contributed by atoms with Gasteiger partial charge in [-0.25, -0.2) is 8.42 Å². The van der Waals surface area contributed by atoms with E-state index in [4.69, 9.17) is 14.0 Å². The number of ether oxygens (including phenoxy) is 2. The predicted octanol–water partition coefficient (Wildman–Crippen LogP) is 0.730. The van der Waals surface area contributed by atoms with Crippen molar-refractivity contribution in [1.82, 2.24) is 14.4 Å². The molecule has 1 aromatic heterocycles. The van der Waals surface area contributed by atoms with Gasteiger partial charge in [-0.3, -0.25) is 9.59 Å². The maximum Gasteiger partial charge on any atom is 0.325 e. The second kappa shape index (κ2) is 10.2. The summed E-state index contributed by atoms with van der Waals surface area (Å²) in [5.74, 6) is -1.12. The van der Waals surface area contributed by atoms with E-state index in [2.05, 4.69) is 5.16 Å². The largest absolute Gasteiger partial charge is 0.465 e. The van der Waals surface area contributed by atoms with Crippen LogP contribution in [-0.2, 0) is 29.1 Å². The smallest absolute Gasteiger partial charge is 0.325 e. The Labute approximate surface area is 171 Å². The summed E-state index contributed by atoms with van der Waals surface area (Å²) in [6.45, 7) is 5.68. The molecule has 0 bridgehead atoms. The predicted molar refractivity (Wildman–Crippen MR) is 103 cm³/mol. The average molecular weight is 432 g/mol. The van der Waals surface area contributed by atoms with Gasteiger partial charge in [0.25, 0.3) is 0 Å². The first kappa shape index (κ1) is 23.3. The Morgan fingerprint density at radius 1 is 1.34 bits per heavy atom. The average Bonchev–Trinajstić information content (AvgIpc) is 3.03. The Balaban J connectivity index is 2.17. The summed E-state index contributed by atoms with van der Waals surface area (Å²) >= 11 is 0. The van der Waals surface area contributed by atoms with Crippen molar-refractivity contribution >= 4 is 21.9 Å². The van der Waals surface area contributed by atoms with Gasteiger partial charge in [0.05, 0.1) is 19.1 Å². The zero-order valence-electron chi connectivity index (χ0n) is 17.3. The van der Waals surface area contributed by atoms with Crippen LogP contribution in [0.2, 0.25) is 0 Å². The number of nitrogens with zero attached hydrogens (tertiary/aromatic N) is 3. The van der Waals surface area contributed by atoms with Crippen LogP contribution in [0.1, 0.15) is 31.2 Å². The highest BCUT2D eigenvalue weighted by Gasteiger charge is 2.38. The van der Waals surface area contributed by atoms with Crippen molar-refractivity contribution in [2.24, 2.45) is 5.92 Å². The van der Waals surface area contributed by atoms with Crippen molar-refractivity contribution in [3.05, 3.63) is 11.5 Å². The van der Waals surface area contributed by atoms with E-state index >= 15 is 0 Å². The van der Waals surface area contributed by atoms with E-state index in [0.29, 0.717) is 25.1 Å². The molecule has 0 spiro atoms. The second-order valence-corrected chi connectivity index (χ2v) is 8.79. The van der Waals surface area contributed by atoms with E-state index < -0.39 is 21.9 Å². The number of piperidine rings is 1. The van der Waals surface area contributed by atoms with Crippen molar-refractivity contribution in [2.45, 2.75) is 38.5 Å². The Morgan fingerprint density at radius 3 is 2.66 bits per heavy atom. The van der Waals surface area contributed by atoms with Gasteiger partial charge < -0.3 is 18.9 Å². The first-order valence-electron chi connectivity index (χ1n) is 9.58. The van der Waals surface area contributed by atoms with Crippen LogP contribution in [0, 0.1) is 19.8 Å². The lowest BCUT2D eigenvalue weighted by Crippen LogP contribution is -2.48. The van der Waals surface area contributed by atoms with Gasteiger partial charge in [0, 0.05) is 26.7 Å². The molecule has 11 heteroatoms. The molecule has 1 unspecified atom stereocenters. The summed E-state index contributed by atoms with van der Waals surface area (Å²) in [5.41, 5.74) is 0.292. The van der Waals surface area contributed by atoms with Crippen LogP contribution >= 0.6 is 0 Å². The van der Waals surface area contributed by atoms with Gasteiger partial charge in [-0.15, -0.1) is 0 Å². The number of aryl methyl sites for hydroxylation is 2. The number of carbonyl (C=O) groups excluding carboxylic acids is 2. The number of amides is 1. The molecule has 1 amide bonds. The third kappa shape index (κ3) is 5.55. The first-order chi connectivity index (χ1) is 13.7. The lowest BCUT2D eigenvalue weighted by atomic mass is 9.98. The summed E-state index contributed by atoms with van der Waals surface area (Å²) in [4.78, 5) is 26.3. The van der Waals surface area contributed by atoms with Crippen LogP contribution in [0.15, 0.2) is 9.42 Å². The molecule has 0 radical (unpaired) electrons. The molecule has 0 N–H and O–H groups in total. The number of hydrogen-bond donors (Lipinski definition) is 0. The van der Waals surface area contributed by atoms with Crippen LogP contribution in [0.5, 0.6) is 0 Å². The SMILES string of the molecule is CCOC(=O)CN(CCOC)C(=O)C1CCCN(S(=O)(=O)c2c(C)noc2C)C1. The van der Waals surface area contributed by atoms with Crippen LogP contribution < -0.4 is 0 Å². The topological polar surface area (TPSA) is 119 Å². The molecule has 1 fully saturated rings. The number of esters is 1. The molecule has 164 valence electrons. The van der Waals surface area contributed by atoms with Gasteiger partial charge in [0.1, 0.15) is 17.1 Å². The van der Waals surface area contributed by atoms with Crippen molar-refractivity contribution in [3.63, 3.8) is 0 Å². The van der Waals surface area contributed by atoms with E-state index in [1.165, 1.54) is 16.3 Å². The maximum absolute atomic E-state index is 13.1. The monoisotopic (exact) mass is 431 g/mol. The quantitative estimate of drug-likeness (QED) is 0.525. The van der Waals surface area contributed by atoms with Crippen LogP contribution in [0.25, 0.3) is 0 Å². The summed E-state index contributed by atoms with van der Waals surface area (Å²) < 4.78 is 42.4. The molecule has 2 heterocycles. The van der Waals surface area contributed by atoms with Crippen LogP contribution in [-0.4, -0.2) is 81.2 Å². The van der Waals surface area contributed by atoms with Crippen LogP contribution in [0.4, 0.5) is 0 Å².